The first kappa shape index (κ1) is 12.9. The summed E-state index contributed by atoms with van der Waals surface area (Å²) in [6, 6.07) is 15.8. The molecule has 4 heteroatoms. The van der Waals surface area contributed by atoms with Crippen molar-refractivity contribution < 1.29 is 4.74 Å². The maximum atomic E-state index is 8.88. The first-order valence-corrected chi connectivity index (χ1v) is 7.04. The van der Waals surface area contributed by atoms with Crippen LogP contribution in [0.1, 0.15) is 23.7 Å². The second-order valence-corrected chi connectivity index (χ2v) is 5.44. The minimum Gasteiger partial charge on any atom is -0.485 e. The molecule has 3 rings (SSSR count). The largest absolute Gasteiger partial charge is 0.485 e. The molecular formula is C16H11BrN2O. The quantitative estimate of drug-likeness (QED) is 0.735. The van der Waals surface area contributed by atoms with E-state index in [4.69, 9.17) is 10.00 Å². The standard InChI is InChI=1S/C16H11BrN2O/c17-12-6-7-15-13(8-12)14(19-10-18)9-16(20-15)11-4-2-1-3-5-11/h1-8,16H,9H2/b19-14-. The third-order valence-electron chi connectivity index (χ3n) is 3.26. The molecule has 0 aliphatic carbocycles. The van der Waals surface area contributed by atoms with Crippen LogP contribution in [-0.4, -0.2) is 5.71 Å². The summed E-state index contributed by atoms with van der Waals surface area (Å²) in [5, 5.41) is 8.88. The molecule has 20 heavy (non-hydrogen) atoms. The topological polar surface area (TPSA) is 45.4 Å². The van der Waals surface area contributed by atoms with Crippen molar-refractivity contribution in [3.63, 3.8) is 0 Å². The zero-order chi connectivity index (χ0) is 13.9. The van der Waals surface area contributed by atoms with Crippen molar-refractivity contribution in [3.05, 3.63) is 64.1 Å². The molecule has 2 aromatic carbocycles. The van der Waals surface area contributed by atoms with Crippen LogP contribution in [0.5, 0.6) is 5.75 Å². The van der Waals surface area contributed by atoms with Crippen LogP contribution in [0, 0.1) is 11.5 Å². The summed E-state index contributed by atoms with van der Waals surface area (Å²) in [6.45, 7) is 0. The van der Waals surface area contributed by atoms with E-state index in [-0.39, 0.29) is 6.10 Å². The lowest BCUT2D eigenvalue weighted by Crippen LogP contribution is -2.21. The van der Waals surface area contributed by atoms with Crippen LogP contribution in [0.25, 0.3) is 0 Å². The molecule has 0 aromatic heterocycles. The van der Waals surface area contributed by atoms with Crippen LogP contribution in [0.4, 0.5) is 0 Å². The van der Waals surface area contributed by atoms with Gasteiger partial charge in [-0.05, 0) is 23.8 Å². The third-order valence-corrected chi connectivity index (χ3v) is 3.75. The van der Waals surface area contributed by atoms with Gasteiger partial charge in [0.05, 0.1) is 5.71 Å². The van der Waals surface area contributed by atoms with E-state index in [2.05, 4.69) is 20.9 Å². The number of nitriles is 1. The third kappa shape index (κ3) is 2.45. The lowest BCUT2D eigenvalue weighted by Gasteiger charge is -2.27. The van der Waals surface area contributed by atoms with Crippen molar-refractivity contribution in [3.8, 4) is 11.9 Å². The smallest absolute Gasteiger partial charge is 0.205 e. The number of rotatable bonds is 1. The molecule has 0 amide bonds. The number of nitrogens with zero attached hydrogens (tertiary/aromatic N) is 2. The van der Waals surface area contributed by atoms with Crippen molar-refractivity contribution in [2.24, 2.45) is 4.99 Å². The Morgan fingerprint density at radius 3 is 2.75 bits per heavy atom. The predicted molar refractivity (Wildman–Crippen MR) is 80.7 cm³/mol. The Kier molecular flexibility index (Phi) is 3.53. The van der Waals surface area contributed by atoms with Crippen LogP contribution < -0.4 is 4.74 Å². The summed E-state index contributed by atoms with van der Waals surface area (Å²) in [5.74, 6) is 0.766. The number of hydrogen-bond acceptors (Lipinski definition) is 3. The van der Waals surface area contributed by atoms with Crippen molar-refractivity contribution >= 4 is 21.6 Å². The van der Waals surface area contributed by atoms with Crippen LogP contribution in [-0.2, 0) is 0 Å². The monoisotopic (exact) mass is 326 g/mol. The zero-order valence-electron chi connectivity index (χ0n) is 10.6. The van der Waals surface area contributed by atoms with E-state index < -0.39 is 0 Å². The summed E-state index contributed by atoms with van der Waals surface area (Å²) in [4.78, 5) is 3.96. The van der Waals surface area contributed by atoms with Gasteiger partial charge in [-0.25, -0.2) is 0 Å². The number of ether oxygens (including phenoxy) is 1. The Bertz CT molecular complexity index is 704. The molecule has 1 aliphatic heterocycles. The molecule has 0 N–H and O–H groups in total. The first-order chi connectivity index (χ1) is 9.78. The zero-order valence-corrected chi connectivity index (χ0v) is 12.2. The number of halogens is 1. The summed E-state index contributed by atoms with van der Waals surface area (Å²) in [6.07, 6.45) is 2.39. The lowest BCUT2D eigenvalue weighted by atomic mass is 9.95. The van der Waals surface area contributed by atoms with E-state index >= 15 is 0 Å². The molecule has 1 unspecified atom stereocenters. The molecule has 0 spiro atoms. The highest BCUT2D eigenvalue weighted by molar-refractivity contribution is 9.10. The molecule has 0 radical (unpaired) electrons. The first-order valence-electron chi connectivity index (χ1n) is 6.25. The Morgan fingerprint density at radius 1 is 1.20 bits per heavy atom. The second kappa shape index (κ2) is 5.48. The van der Waals surface area contributed by atoms with Crippen molar-refractivity contribution in [2.75, 3.05) is 0 Å². The van der Waals surface area contributed by atoms with Gasteiger partial charge in [-0.1, -0.05) is 46.3 Å². The number of hydrogen-bond donors (Lipinski definition) is 0. The minimum absolute atomic E-state index is 0.100. The maximum Gasteiger partial charge on any atom is 0.205 e. The van der Waals surface area contributed by atoms with Gasteiger partial charge in [-0.2, -0.15) is 10.3 Å². The highest BCUT2D eigenvalue weighted by Gasteiger charge is 2.26. The normalized spacial score (nSPS) is 19.0. The number of benzene rings is 2. The summed E-state index contributed by atoms with van der Waals surface area (Å²) >= 11 is 3.44. The van der Waals surface area contributed by atoms with Gasteiger partial charge in [0, 0.05) is 16.5 Å². The van der Waals surface area contributed by atoms with Gasteiger partial charge in [0.1, 0.15) is 11.9 Å². The number of aliphatic imine (C=N–C) groups is 1. The Labute approximate surface area is 125 Å². The molecule has 1 atom stereocenters. The van der Waals surface area contributed by atoms with Gasteiger partial charge in [-0.3, -0.25) is 0 Å². The average molecular weight is 327 g/mol. The Morgan fingerprint density at radius 2 is 2.00 bits per heavy atom. The molecule has 98 valence electrons. The average Bonchev–Trinajstić information content (AvgIpc) is 2.49. The fourth-order valence-electron chi connectivity index (χ4n) is 2.33. The van der Waals surface area contributed by atoms with Gasteiger partial charge in [0.2, 0.25) is 6.19 Å². The SMILES string of the molecule is N#C/N=C1/CC(c2ccccc2)Oc2ccc(Br)cc21. The fourth-order valence-corrected chi connectivity index (χ4v) is 2.69. The molecule has 1 heterocycles. The van der Waals surface area contributed by atoms with Crippen LogP contribution >= 0.6 is 15.9 Å². The van der Waals surface area contributed by atoms with Gasteiger partial charge in [0.25, 0.3) is 0 Å². The van der Waals surface area contributed by atoms with Gasteiger partial charge in [0.15, 0.2) is 0 Å². The van der Waals surface area contributed by atoms with Gasteiger partial charge in [-0.15, -0.1) is 0 Å². The number of fused-ring (bicyclic) bond motifs is 1. The summed E-state index contributed by atoms with van der Waals surface area (Å²) in [5.41, 5.74) is 2.74. The van der Waals surface area contributed by atoms with Crippen LogP contribution in [0.15, 0.2) is 58.0 Å². The second-order valence-electron chi connectivity index (χ2n) is 4.52. The minimum atomic E-state index is -0.100. The molecule has 3 nitrogen and oxygen atoms in total. The molecule has 2 aromatic rings. The van der Waals surface area contributed by atoms with Crippen LogP contribution in [0.3, 0.4) is 0 Å². The van der Waals surface area contributed by atoms with Gasteiger partial charge >= 0.3 is 0 Å². The summed E-state index contributed by atoms with van der Waals surface area (Å²) in [7, 11) is 0. The van der Waals surface area contributed by atoms with Crippen LogP contribution in [0.2, 0.25) is 0 Å². The fraction of sp³-hybridized carbons (Fsp3) is 0.125. The van der Waals surface area contributed by atoms with Gasteiger partial charge < -0.3 is 4.74 Å². The van der Waals surface area contributed by atoms with Crippen molar-refractivity contribution in [1.29, 1.82) is 5.26 Å². The lowest BCUT2D eigenvalue weighted by molar-refractivity contribution is 0.206. The van der Waals surface area contributed by atoms with E-state index in [9.17, 15) is 0 Å². The van der Waals surface area contributed by atoms with Crippen molar-refractivity contribution in [1.82, 2.24) is 0 Å². The van der Waals surface area contributed by atoms with E-state index in [1.807, 2.05) is 54.7 Å². The highest BCUT2D eigenvalue weighted by Crippen LogP contribution is 2.36. The summed E-state index contributed by atoms with van der Waals surface area (Å²) < 4.78 is 6.99. The molecule has 0 bridgehead atoms. The molecule has 0 fully saturated rings. The highest BCUT2D eigenvalue weighted by atomic mass is 79.9. The van der Waals surface area contributed by atoms with E-state index in [1.54, 1.807) is 0 Å². The molecule has 1 aliphatic rings. The molecule has 0 saturated heterocycles. The van der Waals surface area contributed by atoms with Crippen molar-refractivity contribution in [2.45, 2.75) is 12.5 Å². The Balaban J connectivity index is 2.04. The predicted octanol–water partition coefficient (Wildman–Crippen LogP) is 4.24. The van der Waals surface area contributed by atoms with E-state index in [0.29, 0.717) is 6.42 Å². The van der Waals surface area contributed by atoms with E-state index in [1.165, 1.54) is 0 Å². The Hall–Kier alpha value is -2.12. The molecular weight excluding hydrogens is 316 g/mol. The maximum absolute atomic E-state index is 8.88. The molecule has 0 saturated carbocycles. The van der Waals surface area contributed by atoms with E-state index in [0.717, 1.165) is 27.1 Å².